The lowest BCUT2D eigenvalue weighted by Gasteiger charge is -2.23. The second-order valence-electron chi connectivity index (χ2n) is 9.36. The first-order chi connectivity index (χ1) is 18.3. The number of nitrogens with one attached hydrogen (secondary N) is 1. The van der Waals surface area contributed by atoms with Crippen LogP contribution in [0.1, 0.15) is 41.1 Å². The predicted octanol–water partition coefficient (Wildman–Crippen LogP) is 5.63. The topological polar surface area (TPSA) is 83.4 Å². The molecule has 0 aliphatic carbocycles. The van der Waals surface area contributed by atoms with Crippen molar-refractivity contribution >= 4 is 40.1 Å². The zero-order chi connectivity index (χ0) is 26.8. The normalized spacial score (nSPS) is 18.8. The van der Waals surface area contributed by atoms with Crippen molar-refractivity contribution in [3.05, 3.63) is 94.8 Å². The molecule has 2 amide bonds. The molecule has 0 saturated carbocycles. The van der Waals surface area contributed by atoms with Crippen molar-refractivity contribution in [2.45, 2.75) is 38.0 Å². The zero-order valence-corrected chi connectivity index (χ0v) is 22.1. The van der Waals surface area contributed by atoms with Gasteiger partial charge in [-0.25, -0.2) is 9.40 Å². The predicted molar refractivity (Wildman–Crippen MR) is 148 cm³/mol. The molecule has 0 aromatic heterocycles. The summed E-state index contributed by atoms with van der Waals surface area (Å²) < 4.78 is 18.9. The van der Waals surface area contributed by atoms with Crippen molar-refractivity contribution < 1.29 is 18.7 Å². The second kappa shape index (κ2) is 10.8. The molecule has 9 heteroatoms. The Morgan fingerprint density at radius 3 is 2.42 bits per heavy atom. The molecule has 0 radical (unpaired) electrons. The van der Waals surface area contributed by atoms with E-state index < -0.39 is 5.25 Å². The van der Waals surface area contributed by atoms with Crippen molar-refractivity contribution in [3.8, 4) is 5.75 Å². The van der Waals surface area contributed by atoms with E-state index in [4.69, 9.17) is 9.84 Å². The van der Waals surface area contributed by atoms with Crippen LogP contribution in [-0.4, -0.2) is 40.1 Å². The van der Waals surface area contributed by atoms with E-state index >= 15 is 0 Å². The highest BCUT2D eigenvalue weighted by atomic mass is 32.2. The summed E-state index contributed by atoms with van der Waals surface area (Å²) in [4.78, 5) is 29.9. The molecule has 2 atom stereocenters. The van der Waals surface area contributed by atoms with Gasteiger partial charge in [0, 0.05) is 18.5 Å². The molecule has 0 bridgehead atoms. The van der Waals surface area contributed by atoms with E-state index in [0.717, 1.165) is 33.7 Å². The number of halogens is 1. The van der Waals surface area contributed by atoms with Gasteiger partial charge in [-0.1, -0.05) is 30.0 Å². The van der Waals surface area contributed by atoms with E-state index in [1.54, 1.807) is 24.3 Å². The van der Waals surface area contributed by atoms with Gasteiger partial charge in [0.1, 0.15) is 16.8 Å². The third-order valence-corrected chi connectivity index (χ3v) is 7.53. The van der Waals surface area contributed by atoms with E-state index in [-0.39, 0.29) is 30.1 Å². The number of hydrazone groups is 1. The SMILES string of the molecule is COc1ccc(C2=NN(C3=NC(=O)[C@H](CC(=O)Nc4cc(C)cc(C)c4)S3)[C@@H](c3ccc(F)cc3)C2)cc1. The van der Waals surface area contributed by atoms with Crippen LogP contribution in [0.25, 0.3) is 0 Å². The van der Waals surface area contributed by atoms with Crippen molar-refractivity contribution in [3.63, 3.8) is 0 Å². The van der Waals surface area contributed by atoms with Crippen LogP contribution in [0, 0.1) is 19.7 Å². The van der Waals surface area contributed by atoms with Gasteiger partial charge in [0.15, 0.2) is 5.17 Å². The van der Waals surface area contributed by atoms with Crippen molar-refractivity contribution in [2.75, 3.05) is 12.4 Å². The Labute approximate surface area is 224 Å². The maximum absolute atomic E-state index is 13.6. The largest absolute Gasteiger partial charge is 0.497 e. The average molecular weight is 531 g/mol. The number of ether oxygens (including phenoxy) is 1. The van der Waals surface area contributed by atoms with Crippen molar-refractivity contribution in [1.29, 1.82) is 0 Å². The zero-order valence-electron chi connectivity index (χ0n) is 21.3. The summed E-state index contributed by atoms with van der Waals surface area (Å²) in [6.07, 6.45) is 0.539. The fourth-order valence-corrected chi connectivity index (χ4v) is 5.68. The summed E-state index contributed by atoms with van der Waals surface area (Å²) in [5.41, 5.74) is 5.37. The van der Waals surface area contributed by atoms with E-state index in [2.05, 4.69) is 10.3 Å². The Kier molecular flexibility index (Phi) is 7.28. The molecule has 1 N–H and O–H groups in total. The van der Waals surface area contributed by atoms with Gasteiger partial charge in [0.2, 0.25) is 5.91 Å². The molecule has 194 valence electrons. The number of methoxy groups -OCH3 is 1. The highest BCUT2D eigenvalue weighted by molar-refractivity contribution is 8.15. The van der Waals surface area contributed by atoms with Gasteiger partial charge in [-0.3, -0.25) is 9.59 Å². The van der Waals surface area contributed by atoms with E-state index in [9.17, 15) is 14.0 Å². The van der Waals surface area contributed by atoms with Gasteiger partial charge >= 0.3 is 0 Å². The minimum atomic E-state index is -0.648. The van der Waals surface area contributed by atoms with Gasteiger partial charge in [-0.15, -0.1) is 0 Å². The minimum absolute atomic E-state index is 0.00635. The van der Waals surface area contributed by atoms with E-state index in [0.29, 0.717) is 17.3 Å². The number of thioether (sulfide) groups is 1. The first kappa shape index (κ1) is 25.7. The highest BCUT2D eigenvalue weighted by Gasteiger charge is 2.39. The molecular formula is C29H27FN4O3S. The number of nitrogens with zero attached hydrogens (tertiary/aromatic N) is 3. The van der Waals surface area contributed by atoms with Crippen molar-refractivity contribution in [2.24, 2.45) is 10.1 Å². The maximum atomic E-state index is 13.6. The Bertz CT molecular complexity index is 1420. The minimum Gasteiger partial charge on any atom is -0.497 e. The van der Waals surface area contributed by atoms with Crippen LogP contribution < -0.4 is 10.1 Å². The van der Waals surface area contributed by atoms with Crippen molar-refractivity contribution in [1.82, 2.24) is 5.01 Å². The molecule has 0 spiro atoms. The van der Waals surface area contributed by atoms with Crippen LogP contribution in [0.2, 0.25) is 0 Å². The van der Waals surface area contributed by atoms with E-state index in [1.165, 1.54) is 23.9 Å². The number of hydrogen-bond donors (Lipinski definition) is 1. The number of rotatable bonds is 6. The standard InChI is InChI=1S/C29H27FN4O3S/c1-17-12-18(2)14-22(13-17)31-27(35)16-26-28(36)32-29(38-26)34-25(20-4-8-21(30)9-5-20)15-24(33-34)19-6-10-23(37-3)11-7-19/h4-14,25-26H,15-16H2,1-3H3,(H,31,35)/t25-,26+/m1/s1. The molecule has 2 heterocycles. The summed E-state index contributed by atoms with van der Waals surface area (Å²) in [6, 6.07) is 19.4. The molecule has 3 aromatic rings. The summed E-state index contributed by atoms with van der Waals surface area (Å²) in [5.74, 6) is -0.211. The number of aliphatic imine (C=N–C) groups is 1. The van der Waals surface area contributed by atoms with Crippen LogP contribution in [-0.2, 0) is 9.59 Å². The lowest BCUT2D eigenvalue weighted by atomic mass is 9.98. The summed E-state index contributed by atoms with van der Waals surface area (Å²) in [7, 11) is 1.61. The Morgan fingerprint density at radius 2 is 1.76 bits per heavy atom. The molecule has 7 nitrogen and oxygen atoms in total. The lowest BCUT2D eigenvalue weighted by molar-refractivity contribution is -0.121. The number of benzene rings is 3. The van der Waals surface area contributed by atoms with Crippen LogP contribution in [0.4, 0.5) is 10.1 Å². The van der Waals surface area contributed by atoms with Crippen LogP contribution in [0.5, 0.6) is 5.75 Å². The van der Waals surface area contributed by atoms with Gasteiger partial charge < -0.3 is 10.1 Å². The van der Waals surface area contributed by atoms with Gasteiger partial charge in [-0.05, 0) is 84.6 Å². The molecule has 3 aromatic carbocycles. The highest BCUT2D eigenvalue weighted by Crippen LogP contribution is 2.39. The van der Waals surface area contributed by atoms with Crippen LogP contribution in [0.3, 0.4) is 0 Å². The van der Waals surface area contributed by atoms with Crippen LogP contribution >= 0.6 is 11.8 Å². The molecule has 0 saturated heterocycles. The second-order valence-corrected chi connectivity index (χ2v) is 10.5. The third kappa shape index (κ3) is 5.62. The summed E-state index contributed by atoms with van der Waals surface area (Å²) in [6.45, 7) is 3.93. The molecule has 5 rings (SSSR count). The molecule has 2 aliphatic rings. The number of hydrogen-bond acceptors (Lipinski definition) is 6. The number of carbonyl (C=O) groups excluding carboxylic acids is 2. The number of amides is 2. The molecular weight excluding hydrogens is 503 g/mol. The quantitative estimate of drug-likeness (QED) is 0.447. The number of anilines is 1. The smallest absolute Gasteiger partial charge is 0.262 e. The fourth-order valence-electron chi connectivity index (χ4n) is 4.62. The monoisotopic (exact) mass is 530 g/mol. The lowest BCUT2D eigenvalue weighted by Crippen LogP contribution is -2.25. The third-order valence-electron chi connectivity index (χ3n) is 6.39. The fraction of sp³-hybridized carbons (Fsp3) is 0.241. The van der Waals surface area contributed by atoms with E-state index in [1.807, 2.05) is 56.3 Å². The van der Waals surface area contributed by atoms with Gasteiger partial charge in [-0.2, -0.15) is 10.1 Å². The first-order valence-electron chi connectivity index (χ1n) is 12.2. The number of amidine groups is 1. The summed E-state index contributed by atoms with van der Waals surface area (Å²) >= 11 is 1.23. The van der Waals surface area contributed by atoms with Crippen LogP contribution in [0.15, 0.2) is 76.8 Å². The molecule has 38 heavy (non-hydrogen) atoms. The summed E-state index contributed by atoms with van der Waals surface area (Å²) in [5, 5.41) is 9.21. The Balaban J connectivity index is 1.35. The Morgan fingerprint density at radius 1 is 1.08 bits per heavy atom. The van der Waals surface area contributed by atoms with Gasteiger partial charge in [0.25, 0.3) is 5.91 Å². The Hall–Kier alpha value is -3.98. The molecule has 2 aliphatic heterocycles. The first-order valence-corrected chi connectivity index (χ1v) is 13.1. The molecule has 0 fully saturated rings. The average Bonchev–Trinajstić information content (AvgIpc) is 3.48. The number of carbonyl (C=O) groups is 2. The maximum Gasteiger partial charge on any atom is 0.262 e. The molecule has 0 unspecified atom stereocenters. The van der Waals surface area contributed by atoms with Gasteiger partial charge in [0.05, 0.1) is 18.9 Å². The number of aryl methyl sites for hydroxylation is 2.